The van der Waals surface area contributed by atoms with Crippen LogP contribution >= 0.6 is 0 Å². The molecule has 1 rings (SSSR count). The first kappa shape index (κ1) is 11.4. The minimum atomic E-state index is -0.349. The number of nitrogens with two attached hydrogens (primary N) is 2. The summed E-state index contributed by atoms with van der Waals surface area (Å²) < 4.78 is 0. The number of hydrogen-bond donors (Lipinski definition) is 2. The lowest BCUT2D eigenvalue weighted by Gasteiger charge is -2.23. The van der Waals surface area contributed by atoms with Crippen molar-refractivity contribution in [3.8, 4) is 0 Å². The molecular weight excluding hydrogens is 190 g/mol. The zero-order valence-corrected chi connectivity index (χ0v) is 9.16. The van der Waals surface area contributed by atoms with Gasteiger partial charge < -0.3 is 16.4 Å². The fourth-order valence-corrected chi connectivity index (χ4v) is 1.50. The SMILES string of the molecule is CCN(CC(N)=O)c1cccc(C)c1N. The first-order chi connectivity index (χ1) is 7.06. The lowest BCUT2D eigenvalue weighted by atomic mass is 10.1. The summed E-state index contributed by atoms with van der Waals surface area (Å²) in [5.41, 5.74) is 13.7. The largest absolute Gasteiger partial charge is 0.397 e. The Morgan fingerprint density at radius 2 is 2.13 bits per heavy atom. The summed E-state index contributed by atoms with van der Waals surface area (Å²) in [6, 6.07) is 5.76. The zero-order chi connectivity index (χ0) is 11.4. The monoisotopic (exact) mass is 207 g/mol. The van der Waals surface area contributed by atoms with E-state index in [4.69, 9.17) is 11.5 Å². The van der Waals surface area contributed by atoms with Crippen molar-refractivity contribution in [1.82, 2.24) is 0 Å². The summed E-state index contributed by atoms with van der Waals surface area (Å²) in [7, 11) is 0. The molecule has 0 spiro atoms. The number of benzene rings is 1. The van der Waals surface area contributed by atoms with Gasteiger partial charge in [-0.2, -0.15) is 0 Å². The number of nitrogens with zero attached hydrogens (tertiary/aromatic N) is 1. The van der Waals surface area contributed by atoms with E-state index in [9.17, 15) is 4.79 Å². The van der Waals surface area contributed by atoms with E-state index in [2.05, 4.69) is 0 Å². The molecule has 1 amide bonds. The van der Waals surface area contributed by atoms with Crippen LogP contribution in [-0.2, 0) is 4.79 Å². The summed E-state index contributed by atoms with van der Waals surface area (Å²) >= 11 is 0. The molecule has 0 atom stereocenters. The fourth-order valence-electron chi connectivity index (χ4n) is 1.50. The van der Waals surface area contributed by atoms with Crippen molar-refractivity contribution in [2.75, 3.05) is 23.7 Å². The van der Waals surface area contributed by atoms with Crippen molar-refractivity contribution in [2.24, 2.45) is 5.73 Å². The van der Waals surface area contributed by atoms with Crippen LogP contribution in [-0.4, -0.2) is 19.0 Å². The number of primary amides is 1. The maximum absolute atomic E-state index is 10.9. The van der Waals surface area contributed by atoms with Crippen molar-refractivity contribution in [3.05, 3.63) is 23.8 Å². The molecule has 0 aromatic heterocycles. The molecule has 15 heavy (non-hydrogen) atoms. The van der Waals surface area contributed by atoms with Gasteiger partial charge in [-0.15, -0.1) is 0 Å². The molecule has 0 unspecified atom stereocenters. The zero-order valence-electron chi connectivity index (χ0n) is 9.16. The molecule has 4 heteroatoms. The van der Waals surface area contributed by atoms with Crippen LogP contribution in [0.3, 0.4) is 0 Å². The van der Waals surface area contributed by atoms with E-state index >= 15 is 0 Å². The third-order valence-corrected chi connectivity index (χ3v) is 2.37. The van der Waals surface area contributed by atoms with E-state index in [1.807, 2.05) is 36.9 Å². The lowest BCUT2D eigenvalue weighted by molar-refractivity contribution is -0.116. The van der Waals surface area contributed by atoms with E-state index < -0.39 is 0 Å². The molecular formula is C11H17N3O. The maximum Gasteiger partial charge on any atom is 0.236 e. The van der Waals surface area contributed by atoms with Gasteiger partial charge in [-0.3, -0.25) is 4.79 Å². The summed E-state index contributed by atoms with van der Waals surface area (Å²) in [5.74, 6) is -0.349. The van der Waals surface area contributed by atoms with Crippen molar-refractivity contribution in [3.63, 3.8) is 0 Å². The smallest absolute Gasteiger partial charge is 0.236 e. The first-order valence-corrected chi connectivity index (χ1v) is 4.94. The lowest BCUT2D eigenvalue weighted by Crippen LogP contribution is -2.34. The third kappa shape index (κ3) is 2.62. The Balaban J connectivity index is 3.01. The Morgan fingerprint density at radius 3 is 2.67 bits per heavy atom. The molecule has 82 valence electrons. The molecule has 0 saturated carbocycles. The maximum atomic E-state index is 10.9. The minimum absolute atomic E-state index is 0.199. The van der Waals surface area contributed by atoms with Crippen molar-refractivity contribution >= 4 is 17.3 Å². The van der Waals surface area contributed by atoms with Crippen LogP contribution in [0.1, 0.15) is 12.5 Å². The van der Waals surface area contributed by atoms with Gasteiger partial charge in [0, 0.05) is 6.54 Å². The van der Waals surface area contributed by atoms with Gasteiger partial charge in [0.1, 0.15) is 0 Å². The number of anilines is 2. The van der Waals surface area contributed by atoms with Gasteiger partial charge in [-0.25, -0.2) is 0 Å². The fraction of sp³-hybridized carbons (Fsp3) is 0.364. The van der Waals surface area contributed by atoms with Crippen molar-refractivity contribution < 1.29 is 4.79 Å². The highest BCUT2D eigenvalue weighted by Crippen LogP contribution is 2.25. The number of nitrogen functional groups attached to an aromatic ring is 1. The highest BCUT2D eigenvalue weighted by molar-refractivity contribution is 5.82. The van der Waals surface area contributed by atoms with E-state index in [-0.39, 0.29) is 12.5 Å². The number of rotatable bonds is 4. The molecule has 1 aromatic carbocycles. The molecule has 0 aliphatic carbocycles. The number of hydrogen-bond acceptors (Lipinski definition) is 3. The summed E-state index contributed by atoms with van der Waals surface area (Å²) in [6.07, 6.45) is 0. The molecule has 1 aromatic rings. The number of amides is 1. The van der Waals surface area contributed by atoms with Gasteiger partial charge in [0.25, 0.3) is 0 Å². The quantitative estimate of drug-likeness (QED) is 0.720. The highest BCUT2D eigenvalue weighted by Gasteiger charge is 2.10. The van der Waals surface area contributed by atoms with Crippen LogP contribution in [0.15, 0.2) is 18.2 Å². The van der Waals surface area contributed by atoms with E-state index in [1.165, 1.54) is 0 Å². The van der Waals surface area contributed by atoms with Gasteiger partial charge in [0.05, 0.1) is 17.9 Å². The predicted molar refractivity (Wildman–Crippen MR) is 62.7 cm³/mol. The Bertz CT molecular complexity index is 363. The number of carbonyl (C=O) groups is 1. The second-order valence-corrected chi connectivity index (χ2v) is 3.49. The van der Waals surface area contributed by atoms with Crippen molar-refractivity contribution in [2.45, 2.75) is 13.8 Å². The average molecular weight is 207 g/mol. The summed E-state index contributed by atoms with van der Waals surface area (Å²) in [5, 5.41) is 0. The Kier molecular flexibility index (Phi) is 3.55. The number of likely N-dealkylation sites (N-methyl/N-ethyl adjacent to an activating group) is 1. The molecule has 0 saturated heterocycles. The second-order valence-electron chi connectivity index (χ2n) is 3.49. The van der Waals surface area contributed by atoms with Crippen LogP contribution in [0.5, 0.6) is 0 Å². The van der Waals surface area contributed by atoms with Gasteiger partial charge in [0.2, 0.25) is 5.91 Å². The van der Waals surface area contributed by atoms with E-state index in [0.29, 0.717) is 12.2 Å². The number of carbonyl (C=O) groups excluding carboxylic acids is 1. The standard InChI is InChI=1S/C11H17N3O/c1-3-14(7-10(12)15)9-6-4-5-8(2)11(9)13/h4-6H,3,7,13H2,1-2H3,(H2,12,15). The minimum Gasteiger partial charge on any atom is -0.397 e. The van der Waals surface area contributed by atoms with Crippen LogP contribution in [0.2, 0.25) is 0 Å². The molecule has 0 bridgehead atoms. The topological polar surface area (TPSA) is 72.3 Å². The van der Waals surface area contributed by atoms with Gasteiger partial charge >= 0.3 is 0 Å². The Labute approximate surface area is 89.9 Å². The van der Waals surface area contributed by atoms with Crippen LogP contribution in [0, 0.1) is 6.92 Å². The molecule has 0 heterocycles. The van der Waals surface area contributed by atoms with E-state index in [1.54, 1.807) is 0 Å². The summed E-state index contributed by atoms with van der Waals surface area (Å²) in [6.45, 7) is 4.81. The van der Waals surface area contributed by atoms with Gasteiger partial charge in [-0.1, -0.05) is 12.1 Å². The molecule has 0 radical (unpaired) electrons. The van der Waals surface area contributed by atoms with Crippen LogP contribution < -0.4 is 16.4 Å². The van der Waals surface area contributed by atoms with E-state index in [0.717, 1.165) is 11.3 Å². The normalized spacial score (nSPS) is 10.0. The number of aryl methyl sites for hydroxylation is 1. The summed E-state index contributed by atoms with van der Waals surface area (Å²) in [4.78, 5) is 12.7. The van der Waals surface area contributed by atoms with Gasteiger partial charge in [-0.05, 0) is 25.5 Å². The van der Waals surface area contributed by atoms with Crippen LogP contribution in [0.4, 0.5) is 11.4 Å². The Morgan fingerprint density at radius 1 is 1.47 bits per heavy atom. The number of para-hydroxylation sites is 1. The van der Waals surface area contributed by atoms with Gasteiger partial charge in [0.15, 0.2) is 0 Å². The van der Waals surface area contributed by atoms with Crippen molar-refractivity contribution in [1.29, 1.82) is 0 Å². The molecule has 4 N–H and O–H groups in total. The molecule has 4 nitrogen and oxygen atoms in total. The predicted octanol–water partition coefficient (Wildman–Crippen LogP) is 0.889. The highest BCUT2D eigenvalue weighted by atomic mass is 16.1. The molecule has 0 aliphatic rings. The Hall–Kier alpha value is -1.71. The average Bonchev–Trinajstić information content (AvgIpc) is 2.19. The second kappa shape index (κ2) is 4.68. The van der Waals surface area contributed by atoms with Crippen LogP contribution in [0.25, 0.3) is 0 Å². The molecule has 0 fully saturated rings. The first-order valence-electron chi connectivity index (χ1n) is 4.94. The molecule has 0 aliphatic heterocycles. The third-order valence-electron chi connectivity index (χ3n) is 2.37.